The Bertz CT molecular complexity index is 719. The minimum absolute atomic E-state index is 0.275. The topological polar surface area (TPSA) is 68.2 Å². The molecule has 2 rings (SSSR count). The van der Waals surface area contributed by atoms with Gasteiger partial charge in [-0.3, -0.25) is 0 Å². The number of nitrogens with zero attached hydrogens (tertiary/aromatic N) is 1. The molecule has 0 saturated heterocycles. The van der Waals surface area contributed by atoms with Gasteiger partial charge in [0.1, 0.15) is 5.60 Å². The third-order valence-corrected chi connectivity index (χ3v) is 4.63. The van der Waals surface area contributed by atoms with E-state index in [2.05, 4.69) is 20.4 Å². The first-order valence-electron chi connectivity index (χ1n) is 10.4. The van der Waals surface area contributed by atoms with Crippen LogP contribution in [0.25, 0.3) is 0 Å². The van der Waals surface area contributed by atoms with Gasteiger partial charge in [-0.25, -0.2) is 4.79 Å². The summed E-state index contributed by atoms with van der Waals surface area (Å²) < 4.78 is 16.1. The molecular weight excluding hydrogens is 382 g/mol. The highest BCUT2D eigenvalue weighted by Crippen LogP contribution is 2.33. The smallest absolute Gasteiger partial charge is 0.410 e. The van der Waals surface area contributed by atoms with Gasteiger partial charge in [-0.1, -0.05) is 20.4 Å². The van der Waals surface area contributed by atoms with Gasteiger partial charge in [-0.2, -0.15) is 0 Å². The molecule has 1 N–H and O–H groups in total. The molecule has 0 bridgehead atoms. The Balaban J connectivity index is 0.000000424. The molecule has 0 aromatic heterocycles. The van der Waals surface area contributed by atoms with Gasteiger partial charge in [0, 0.05) is 13.1 Å². The van der Waals surface area contributed by atoms with Gasteiger partial charge in [0.15, 0.2) is 11.5 Å². The summed E-state index contributed by atoms with van der Waals surface area (Å²) in [6.07, 6.45) is 1.10. The maximum absolute atomic E-state index is 12.1. The predicted molar refractivity (Wildman–Crippen MR) is 120 cm³/mol. The lowest BCUT2D eigenvalue weighted by atomic mass is 9.99. The van der Waals surface area contributed by atoms with Crippen molar-refractivity contribution in [3.8, 4) is 11.5 Å². The molecule has 0 radical (unpaired) electrons. The van der Waals surface area contributed by atoms with Crippen LogP contribution in [0.5, 0.6) is 11.5 Å². The van der Waals surface area contributed by atoms with Crippen LogP contribution in [0.4, 0.5) is 4.79 Å². The lowest BCUT2D eigenvalue weighted by Gasteiger charge is -2.31. The minimum atomic E-state index is -0.477. The molecule has 1 aromatic rings. The average Bonchev–Trinajstić information content (AvgIpc) is 2.64. The van der Waals surface area contributed by atoms with Gasteiger partial charge in [-0.15, -0.1) is 0 Å². The van der Waals surface area contributed by atoms with Crippen molar-refractivity contribution in [2.24, 2.45) is 5.92 Å². The largest absolute Gasteiger partial charge is 0.493 e. The standard InChI is InChI=1S/C16H23NO4.C8H16O/c1-16(2,3)21-15(18)17-7-6-11-8-13(19-4)14(20-5)9-12(11)10-17;1-6(2)5-7(3)8(4)9/h8-9H,6-7,10H2,1-5H3;6,8-9H,3,5H2,1-2,4H3. The van der Waals surface area contributed by atoms with Crippen molar-refractivity contribution in [3.05, 3.63) is 35.4 Å². The van der Waals surface area contributed by atoms with E-state index < -0.39 is 5.60 Å². The van der Waals surface area contributed by atoms with Gasteiger partial charge in [-0.05, 0) is 75.3 Å². The number of benzene rings is 1. The zero-order chi connectivity index (χ0) is 23.1. The number of aliphatic hydroxyl groups excluding tert-OH is 1. The number of amides is 1. The number of hydrogen-bond donors (Lipinski definition) is 1. The molecule has 0 aliphatic carbocycles. The fourth-order valence-corrected chi connectivity index (χ4v) is 3.06. The fourth-order valence-electron chi connectivity index (χ4n) is 3.06. The Kier molecular flexibility index (Phi) is 9.69. The van der Waals surface area contributed by atoms with Gasteiger partial charge >= 0.3 is 6.09 Å². The van der Waals surface area contributed by atoms with Crippen LogP contribution >= 0.6 is 0 Å². The van der Waals surface area contributed by atoms with E-state index in [-0.39, 0.29) is 12.2 Å². The van der Waals surface area contributed by atoms with Crippen LogP contribution in [0, 0.1) is 5.92 Å². The number of rotatable bonds is 5. The lowest BCUT2D eigenvalue weighted by molar-refractivity contribution is 0.0223. The first-order valence-corrected chi connectivity index (χ1v) is 10.4. The maximum Gasteiger partial charge on any atom is 0.410 e. The van der Waals surface area contributed by atoms with Gasteiger partial charge < -0.3 is 24.2 Å². The van der Waals surface area contributed by atoms with Gasteiger partial charge in [0.05, 0.1) is 20.3 Å². The first-order chi connectivity index (χ1) is 13.9. The Labute approximate surface area is 181 Å². The van der Waals surface area contributed by atoms with Crippen LogP contribution in [0.2, 0.25) is 0 Å². The molecule has 170 valence electrons. The highest BCUT2D eigenvalue weighted by atomic mass is 16.6. The van der Waals surface area contributed by atoms with Crippen molar-refractivity contribution >= 4 is 6.09 Å². The number of methoxy groups -OCH3 is 2. The molecule has 6 nitrogen and oxygen atoms in total. The molecule has 1 heterocycles. The van der Waals surface area contributed by atoms with E-state index in [1.165, 1.54) is 5.56 Å². The van der Waals surface area contributed by atoms with E-state index in [0.717, 1.165) is 29.7 Å². The molecule has 0 spiro atoms. The normalized spacial score (nSPS) is 14.3. The van der Waals surface area contributed by atoms with Gasteiger partial charge in [0.25, 0.3) is 0 Å². The van der Waals surface area contributed by atoms with Crippen LogP contribution in [-0.4, -0.2) is 48.6 Å². The number of hydrogen-bond acceptors (Lipinski definition) is 5. The fraction of sp³-hybridized carbons (Fsp3) is 0.625. The number of carbonyl (C=O) groups is 1. The zero-order valence-electron chi connectivity index (χ0n) is 19.9. The summed E-state index contributed by atoms with van der Waals surface area (Å²) in [6, 6.07) is 3.92. The molecule has 1 atom stereocenters. The number of carbonyl (C=O) groups excluding carboxylic acids is 1. The first kappa shape index (κ1) is 25.8. The molecule has 6 heteroatoms. The van der Waals surface area contributed by atoms with Crippen molar-refractivity contribution in [3.63, 3.8) is 0 Å². The summed E-state index contributed by atoms with van der Waals surface area (Å²) >= 11 is 0. The van der Waals surface area contributed by atoms with E-state index in [1.807, 2.05) is 32.9 Å². The van der Waals surface area contributed by atoms with Crippen LogP contribution in [-0.2, 0) is 17.7 Å². The molecular formula is C24H39NO5. The lowest BCUT2D eigenvalue weighted by Crippen LogP contribution is -2.39. The summed E-state index contributed by atoms with van der Waals surface area (Å²) in [5.74, 6) is 2.01. The second-order valence-corrected chi connectivity index (χ2v) is 9.06. The Hall–Kier alpha value is -2.21. The van der Waals surface area contributed by atoms with E-state index in [9.17, 15) is 4.79 Å². The Morgan fingerprint density at radius 1 is 1.13 bits per heavy atom. The van der Waals surface area contributed by atoms with Crippen molar-refractivity contribution in [2.75, 3.05) is 20.8 Å². The highest BCUT2D eigenvalue weighted by molar-refractivity contribution is 5.69. The molecule has 1 unspecified atom stereocenters. The van der Waals surface area contributed by atoms with Gasteiger partial charge in [0.2, 0.25) is 0 Å². The molecule has 1 aliphatic heterocycles. The Morgan fingerprint density at radius 3 is 2.07 bits per heavy atom. The summed E-state index contributed by atoms with van der Waals surface area (Å²) in [5.41, 5.74) is 2.72. The molecule has 1 aromatic carbocycles. The van der Waals surface area contributed by atoms with E-state index in [4.69, 9.17) is 19.3 Å². The monoisotopic (exact) mass is 421 g/mol. The second kappa shape index (κ2) is 11.3. The third kappa shape index (κ3) is 8.27. The molecule has 30 heavy (non-hydrogen) atoms. The number of fused-ring (bicyclic) bond motifs is 1. The second-order valence-electron chi connectivity index (χ2n) is 9.06. The molecule has 1 aliphatic rings. The highest BCUT2D eigenvalue weighted by Gasteiger charge is 2.26. The quantitative estimate of drug-likeness (QED) is 0.680. The Morgan fingerprint density at radius 2 is 1.67 bits per heavy atom. The summed E-state index contributed by atoms with van der Waals surface area (Å²) in [7, 11) is 3.23. The average molecular weight is 422 g/mol. The van der Waals surface area contributed by atoms with E-state index >= 15 is 0 Å². The number of ether oxygens (including phenoxy) is 3. The summed E-state index contributed by atoms with van der Waals surface area (Å²) in [6.45, 7) is 16.5. The van der Waals surface area contributed by atoms with Crippen LogP contribution < -0.4 is 9.47 Å². The maximum atomic E-state index is 12.1. The van der Waals surface area contributed by atoms with Crippen molar-refractivity contribution < 1.29 is 24.1 Å². The SMILES string of the molecule is C=C(CC(C)C)C(C)O.COc1cc2c(cc1OC)CN(C(=O)OC(C)(C)C)CC2. The van der Waals surface area contributed by atoms with Crippen molar-refractivity contribution in [2.45, 2.75) is 72.6 Å². The zero-order valence-corrected chi connectivity index (χ0v) is 19.9. The predicted octanol–water partition coefficient (Wildman–Crippen LogP) is 4.97. The van der Waals surface area contributed by atoms with Crippen LogP contribution in [0.3, 0.4) is 0 Å². The van der Waals surface area contributed by atoms with E-state index in [0.29, 0.717) is 24.8 Å². The van der Waals surface area contributed by atoms with E-state index in [1.54, 1.807) is 26.0 Å². The number of aliphatic hydroxyl groups is 1. The molecule has 0 saturated carbocycles. The summed E-state index contributed by atoms with van der Waals surface area (Å²) in [5, 5.41) is 8.97. The summed E-state index contributed by atoms with van der Waals surface area (Å²) in [4.78, 5) is 13.9. The molecule has 1 amide bonds. The van der Waals surface area contributed by atoms with Crippen molar-refractivity contribution in [1.82, 2.24) is 4.90 Å². The molecule has 0 fully saturated rings. The van der Waals surface area contributed by atoms with Crippen LogP contribution in [0.1, 0.15) is 59.1 Å². The van der Waals surface area contributed by atoms with Crippen LogP contribution in [0.15, 0.2) is 24.3 Å². The third-order valence-electron chi connectivity index (χ3n) is 4.63. The minimum Gasteiger partial charge on any atom is -0.493 e. The van der Waals surface area contributed by atoms with Crippen molar-refractivity contribution in [1.29, 1.82) is 0 Å².